The molecule has 0 bridgehead atoms. The maximum absolute atomic E-state index is 4.15. The van der Waals surface area contributed by atoms with Crippen LogP contribution in [-0.2, 0) is 6.42 Å². The van der Waals surface area contributed by atoms with E-state index in [2.05, 4.69) is 39.8 Å². The SMILES string of the molecule is Cc1cnnc(NC2CCCc3ccccc32)c1. The molecular weight excluding hydrogens is 222 g/mol. The standard InChI is InChI=1S/C15H17N3/c1-11-9-15(18-16-10-11)17-14-8-4-6-12-5-2-3-7-13(12)14/h2-3,5,7,9-10,14H,4,6,8H2,1H3,(H,17,18). The lowest BCUT2D eigenvalue weighted by Crippen LogP contribution is -2.18. The zero-order chi connectivity index (χ0) is 12.4. The number of aromatic nitrogens is 2. The molecule has 1 N–H and O–H groups in total. The highest BCUT2D eigenvalue weighted by Gasteiger charge is 2.19. The molecule has 1 unspecified atom stereocenters. The largest absolute Gasteiger partial charge is 0.362 e. The molecule has 3 heteroatoms. The van der Waals surface area contributed by atoms with Crippen molar-refractivity contribution in [1.29, 1.82) is 0 Å². The molecule has 1 aliphatic carbocycles. The summed E-state index contributed by atoms with van der Waals surface area (Å²) in [4.78, 5) is 0. The van der Waals surface area contributed by atoms with Crippen molar-refractivity contribution >= 4 is 5.82 Å². The lowest BCUT2D eigenvalue weighted by molar-refractivity contribution is 0.597. The summed E-state index contributed by atoms with van der Waals surface area (Å²) in [5, 5.41) is 11.6. The zero-order valence-corrected chi connectivity index (χ0v) is 10.6. The molecule has 1 aliphatic rings. The van der Waals surface area contributed by atoms with E-state index in [1.165, 1.54) is 24.0 Å². The molecule has 1 aromatic heterocycles. The zero-order valence-electron chi connectivity index (χ0n) is 10.6. The fourth-order valence-electron chi connectivity index (χ4n) is 2.62. The summed E-state index contributed by atoms with van der Waals surface area (Å²) in [5.74, 6) is 0.872. The molecule has 1 heterocycles. The van der Waals surface area contributed by atoms with Crippen LogP contribution in [-0.4, -0.2) is 10.2 Å². The van der Waals surface area contributed by atoms with Gasteiger partial charge in [0.05, 0.1) is 12.2 Å². The molecule has 2 aromatic rings. The minimum Gasteiger partial charge on any atom is -0.362 e. The molecular formula is C15H17N3. The van der Waals surface area contributed by atoms with Crippen molar-refractivity contribution in [3.63, 3.8) is 0 Å². The maximum atomic E-state index is 4.15. The van der Waals surface area contributed by atoms with Gasteiger partial charge in [-0.1, -0.05) is 24.3 Å². The molecule has 0 fully saturated rings. The van der Waals surface area contributed by atoms with Gasteiger partial charge in [0.1, 0.15) is 5.82 Å². The Bertz CT molecular complexity index is 551. The van der Waals surface area contributed by atoms with Crippen LogP contribution in [0, 0.1) is 6.92 Å². The molecule has 0 aliphatic heterocycles. The smallest absolute Gasteiger partial charge is 0.149 e. The van der Waals surface area contributed by atoms with Crippen LogP contribution in [0.4, 0.5) is 5.82 Å². The van der Waals surface area contributed by atoms with E-state index in [0.717, 1.165) is 17.8 Å². The van der Waals surface area contributed by atoms with Crippen molar-refractivity contribution in [1.82, 2.24) is 10.2 Å². The van der Waals surface area contributed by atoms with E-state index in [1.54, 1.807) is 6.20 Å². The number of rotatable bonds is 2. The highest BCUT2D eigenvalue weighted by molar-refractivity contribution is 5.42. The fraction of sp³-hybridized carbons (Fsp3) is 0.333. The molecule has 92 valence electrons. The number of benzene rings is 1. The van der Waals surface area contributed by atoms with Crippen LogP contribution in [0.3, 0.4) is 0 Å². The van der Waals surface area contributed by atoms with Gasteiger partial charge in [-0.25, -0.2) is 0 Å². The quantitative estimate of drug-likeness (QED) is 0.874. The van der Waals surface area contributed by atoms with Gasteiger partial charge >= 0.3 is 0 Å². The number of hydrogen-bond acceptors (Lipinski definition) is 3. The normalized spacial score (nSPS) is 18.2. The number of hydrogen-bond donors (Lipinski definition) is 1. The van der Waals surface area contributed by atoms with Crippen molar-refractivity contribution < 1.29 is 0 Å². The van der Waals surface area contributed by atoms with Crippen LogP contribution in [0.1, 0.15) is 35.6 Å². The van der Waals surface area contributed by atoms with Gasteiger partial charge in [0, 0.05) is 0 Å². The van der Waals surface area contributed by atoms with Gasteiger partial charge in [0.2, 0.25) is 0 Å². The van der Waals surface area contributed by atoms with Crippen LogP contribution in [0.2, 0.25) is 0 Å². The molecule has 0 saturated carbocycles. The third-order valence-electron chi connectivity index (χ3n) is 3.48. The molecule has 0 amide bonds. The number of fused-ring (bicyclic) bond motifs is 1. The second-order valence-electron chi connectivity index (χ2n) is 4.91. The van der Waals surface area contributed by atoms with E-state index in [-0.39, 0.29) is 0 Å². The van der Waals surface area contributed by atoms with Crippen molar-refractivity contribution in [2.45, 2.75) is 32.2 Å². The number of nitrogens with one attached hydrogen (secondary N) is 1. The molecule has 0 spiro atoms. The maximum Gasteiger partial charge on any atom is 0.149 e. The third kappa shape index (κ3) is 2.21. The average Bonchev–Trinajstić information content (AvgIpc) is 2.39. The predicted molar refractivity (Wildman–Crippen MR) is 72.5 cm³/mol. The van der Waals surface area contributed by atoms with E-state index in [1.807, 2.05) is 13.0 Å². The summed E-state index contributed by atoms with van der Waals surface area (Å²) in [6.07, 6.45) is 5.36. The second kappa shape index (κ2) is 4.77. The Morgan fingerprint density at radius 3 is 3.06 bits per heavy atom. The van der Waals surface area contributed by atoms with Gasteiger partial charge in [0.15, 0.2) is 0 Å². The minimum atomic E-state index is 0.367. The summed E-state index contributed by atoms with van der Waals surface area (Å²) < 4.78 is 0. The van der Waals surface area contributed by atoms with Crippen LogP contribution in [0.5, 0.6) is 0 Å². The molecule has 1 atom stereocenters. The first kappa shape index (κ1) is 11.2. The summed E-state index contributed by atoms with van der Waals surface area (Å²) in [7, 11) is 0. The Morgan fingerprint density at radius 1 is 1.28 bits per heavy atom. The first-order chi connectivity index (χ1) is 8.83. The topological polar surface area (TPSA) is 37.8 Å². The Balaban J connectivity index is 1.86. The summed E-state index contributed by atoms with van der Waals surface area (Å²) in [6, 6.07) is 11.1. The Kier molecular flexibility index (Phi) is 2.97. The number of nitrogens with zero attached hydrogens (tertiary/aromatic N) is 2. The summed E-state index contributed by atoms with van der Waals surface area (Å²) in [5.41, 5.74) is 4.01. The van der Waals surface area contributed by atoms with Crippen LogP contribution >= 0.6 is 0 Å². The number of anilines is 1. The summed E-state index contributed by atoms with van der Waals surface area (Å²) in [6.45, 7) is 2.04. The highest BCUT2D eigenvalue weighted by atomic mass is 15.2. The van der Waals surface area contributed by atoms with E-state index in [9.17, 15) is 0 Å². The van der Waals surface area contributed by atoms with E-state index in [0.29, 0.717) is 6.04 Å². The van der Waals surface area contributed by atoms with Gasteiger partial charge in [-0.15, -0.1) is 5.10 Å². The fourth-order valence-corrected chi connectivity index (χ4v) is 2.62. The van der Waals surface area contributed by atoms with E-state index >= 15 is 0 Å². The van der Waals surface area contributed by atoms with Crippen molar-refractivity contribution in [2.75, 3.05) is 5.32 Å². The van der Waals surface area contributed by atoms with Gasteiger partial charge in [-0.3, -0.25) is 0 Å². The first-order valence-electron chi connectivity index (χ1n) is 6.46. The second-order valence-corrected chi connectivity index (χ2v) is 4.91. The van der Waals surface area contributed by atoms with Crippen molar-refractivity contribution in [2.24, 2.45) is 0 Å². The minimum absolute atomic E-state index is 0.367. The van der Waals surface area contributed by atoms with Crippen LogP contribution in [0.15, 0.2) is 36.5 Å². The van der Waals surface area contributed by atoms with Gasteiger partial charge in [-0.2, -0.15) is 5.10 Å². The van der Waals surface area contributed by atoms with E-state index in [4.69, 9.17) is 0 Å². The number of aryl methyl sites for hydroxylation is 2. The molecule has 0 radical (unpaired) electrons. The third-order valence-corrected chi connectivity index (χ3v) is 3.48. The van der Waals surface area contributed by atoms with Crippen molar-refractivity contribution in [3.05, 3.63) is 53.2 Å². The predicted octanol–water partition coefficient (Wildman–Crippen LogP) is 3.27. The van der Waals surface area contributed by atoms with Crippen LogP contribution in [0.25, 0.3) is 0 Å². The Labute approximate surface area is 107 Å². The molecule has 1 aromatic carbocycles. The first-order valence-corrected chi connectivity index (χ1v) is 6.46. The lowest BCUT2D eigenvalue weighted by Gasteiger charge is -2.26. The lowest BCUT2D eigenvalue weighted by atomic mass is 9.88. The Morgan fingerprint density at radius 2 is 2.17 bits per heavy atom. The van der Waals surface area contributed by atoms with Gasteiger partial charge in [0.25, 0.3) is 0 Å². The average molecular weight is 239 g/mol. The molecule has 18 heavy (non-hydrogen) atoms. The van der Waals surface area contributed by atoms with Gasteiger partial charge < -0.3 is 5.32 Å². The van der Waals surface area contributed by atoms with Gasteiger partial charge in [-0.05, 0) is 48.9 Å². The Hall–Kier alpha value is -1.90. The summed E-state index contributed by atoms with van der Waals surface area (Å²) >= 11 is 0. The highest BCUT2D eigenvalue weighted by Crippen LogP contribution is 2.31. The van der Waals surface area contributed by atoms with E-state index < -0.39 is 0 Å². The molecule has 0 saturated heterocycles. The monoisotopic (exact) mass is 239 g/mol. The van der Waals surface area contributed by atoms with Crippen molar-refractivity contribution in [3.8, 4) is 0 Å². The molecule has 3 nitrogen and oxygen atoms in total. The van der Waals surface area contributed by atoms with Crippen LogP contribution < -0.4 is 5.32 Å². The molecule has 3 rings (SSSR count).